The summed E-state index contributed by atoms with van der Waals surface area (Å²) in [5.74, 6) is 0.882. The summed E-state index contributed by atoms with van der Waals surface area (Å²) in [5.41, 5.74) is 18.4. The van der Waals surface area contributed by atoms with Crippen LogP contribution in [0.2, 0.25) is 0 Å². The summed E-state index contributed by atoms with van der Waals surface area (Å²) in [5, 5.41) is 8.42. The first kappa shape index (κ1) is 40.3. The Labute approximate surface area is 401 Å². The Hall–Kier alpha value is -9.04. The summed E-state index contributed by atoms with van der Waals surface area (Å²) in [4.78, 5) is 0. The van der Waals surface area contributed by atoms with Crippen molar-refractivity contribution in [1.82, 2.24) is 0 Å². The van der Waals surface area contributed by atoms with Crippen LogP contribution in [0.5, 0.6) is 0 Å². The lowest BCUT2D eigenvalue weighted by Gasteiger charge is -2.20. The smallest absolute Gasteiger partial charge is 0.143 e. The molecule has 0 unspecified atom stereocenters. The van der Waals surface area contributed by atoms with Crippen molar-refractivity contribution in [3.8, 4) is 89.2 Å². The van der Waals surface area contributed by atoms with E-state index in [4.69, 9.17) is 4.42 Å². The van der Waals surface area contributed by atoms with E-state index in [0.717, 1.165) is 50.1 Å². The molecule has 0 fully saturated rings. The topological polar surface area (TPSA) is 13.1 Å². The molecule has 0 bridgehead atoms. The minimum Gasteiger partial charge on any atom is -0.455 e. The number of hydrogen-bond acceptors (Lipinski definition) is 1. The van der Waals surface area contributed by atoms with E-state index in [-0.39, 0.29) is 0 Å². The van der Waals surface area contributed by atoms with Crippen LogP contribution in [0.3, 0.4) is 0 Å². The monoisotopic (exact) mass is 876 g/mol. The molecule has 0 aliphatic carbocycles. The van der Waals surface area contributed by atoms with Gasteiger partial charge in [0.05, 0.1) is 0 Å². The van der Waals surface area contributed by atoms with Crippen LogP contribution in [0.15, 0.2) is 271 Å². The standard InChI is InChI=1S/C68H44O/c1-5-18-45(19-6-1)51-35-38-60-62(42-51)65(55-30-15-28-50(40-55)53-36-39-61-64(44-53)69-68(49-25-11-4-12-26-49)67(61)48-23-9-3-10-24-48)59-37-34-52(46-20-7-2-8-21-46)43-63(59)66(60)56-31-16-29-54(41-56)58-33-17-27-47-22-13-14-32-57(47)58/h1-44H. The number of fused-ring (bicyclic) bond motifs is 4. The highest BCUT2D eigenvalue weighted by Gasteiger charge is 2.22. The zero-order valence-electron chi connectivity index (χ0n) is 37.8. The van der Waals surface area contributed by atoms with E-state index in [1.165, 1.54) is 82.4 Å². The molecular weight excluding hydrogens is 833 g/mol. The molecule has 12 aromatic carbocycles. The van der Waals surface area contributed by atoms with Crippen molar-refractivity contribution in [2.45, 2.75) is 0 Å². The first-order chi connectivity index (χ1) is 34.2. The van der Waals surface area contributed by atoms with E-state index in [0.29, 0.717) is 0 Å². The largest absolute Gasteiger partial charge is 0.455 e. The molecule has 0 saturated heterocycles. The Morgan fingerprint density at radius 3 is 1.23 bits per heavy atom. The minimum atomic E-state index is 0.863. The van der Waals surface area contributed by atoms with Crippen LogP contribution in [-0.2, 0) is 0 Å². The Bertz CT molecular complexity index is 4030. The van der Waals surface area contributed by atoms with E-state index in [1.54, 1.807) is 0 Å². The maximum atomic E-state index is 6.85. The van der Waals surface area contributed by atoms with Gasteiger partial charge in [0.25, 0.3) is 0 Å². The summed E-state index contributed by atoms with van der Waals surface area (Å²) < 4.78 is 6.85. The van der Waals surface area contributed by atoms with Crippen molar-refractivity contribution in [1.29, 1.82) is 0 Å². The van der Waals surface area contributed by atoms with Crippen LogP contribution in [0.4, 0.5) is 0 Å². The summed E-state index contributed by atoms with van der Waals surface area (Å²) in [6.45, 7) is 0. The first-order valence-corrected chi connectivity index (χ1v) is 23.7. The van der Waals surface area contributed by atoms with Gasteiger partial charge in [-0.1, -0.05) is 231 Å². The van der Waals surface area contributed by atoms with Gasteiger partial charge >= 0.3 is 0 Å². The Balaban J connectivity index is 1.05. The first-order valence-electron chi connectivity index (χ1n) is 23.7. The van der Waals surface area contributed by atoms with Gasteiger partial charge in [0.15, 0.2) is 0 Å². The van der Waals surface area contributed by atoms with E-state index in [9.17, 15) is 0 Å². The highest BCUT2D eigenvalue weighted by atomic mass is 16.3. The molecule has 0 aliphatic heterocycles. The van der Waals surface area contributed by atoms with Gasteiger partial charge in [-0.05, 0) is 141 Å². The molecule has 0 aliphatic rings. The Kier molecular flexibility index (Phi) is 9.91. The second kappa shape index (κ2) is 17.0. The molecule has 0 N–H and O–H groups in total. The molecule has 1 heterocycles. The second-order valence-corrected chi connectivity index (χ2v) is 17.9. The van der Waals surface area contributed by atoms with Crippen molar-refractivity contribution in [2.24, 2.45) is 0 Å². The molecular formula is C68H44O. The normalized spacial score (nSPS) is 11.5. The molecule has 0 radical (unpaired) electrons. The molecule has 69 heavy (non-hydrogen) atoms. The maximum absolute atomic E-state index is 6.85. The average molecular weight is 877 g/mol. The average Bonchev–Trinajstić information content (AvgIpc) is 3.82. The highest BCUT2D eigenvalue weighted by molar-refractivity contribution is 6.23. The highest BCUT2D eigenvalue weighted by Crippen LogP contribution is 2.48. The van der Waals surface area contributed by atoms with Gasteiger partial charge in [0.2, 0.25) is 0 Å². The van der Waals surface area contributed by atoms with Crippen molar-refractivity contribution in [3.63, 3.8) is 0 Å². The molecule has 0 saturated carbocycles. The molecule has 0 atom stereocenters. The van der Waals surface area contributed by atoms with Crippen LogP contribution < -0.4 is 0 Å². The molecule has 1 heteroatoms. The lowest BCUT2D eigenvalue weighted by Crippen LogP contribution is -1.93. The molecule has 1 nitrogen and oxygen atoms in total. The number of benzene rings is 12. The summed E-state index contributed by atoms with van der Waals surface area (Å²) >= 11 is 0. The fourth-order valence-electron chi connectivity index (χ4n) is 10.6. The SMILES string of the molecule is c1ccc(-c2ccc3c(-c4cccc(-c5cccc6ccccc56)c4)c4cc(-c5ccccc5)ccc4c(-c4cccc(-c5ccc6c(-c7ccccc7)c(-c7ccccc7)oc6c5)c4)c3c2)cc1. The van der Waals surface area contributed by atoms with Gasteiger partial charge in [-0.3, -0.25) is 0 Å². The van der Waals surface area contributed by atoms with Crippen LogP contribution in [-0.4, -0.2) is 0 Å². The van der Waals surface area contributed by atoms with Crippen molar-refractivity contribution >= 4 is 43.3 Å². The lowest BCUT2D eigenvalue weighted by molar-refractivity contribution is 0.632. The van der Waals surface area contributed by atoms with Gasteiger partial charge in [0.1, 0.15) is 11.3 Å². The molecule has 0 amide bonds. The quantitative estimate of drug-likeness (QED) is 0.139. The van der Waals surface area contributed by atoms with Gasteiger partial charge in [0, 0.05) is 16.5 Å². The van der Waals surface area contributed by atoms with Crippen molar-refractivity contribution in [2.75, 3.05) is 0 Å². The van der Waals surface area contributed by atoms with Crippen molar-refractivity contribution in [3.05, 3.63) is 267 Å². The minimum absolute atomic E-state index is 0.863. The summed E-state index contributed by atoms with van der Waals surface area (Å²) in [7, 11) is 0. The van der Waals surface area contributed by atoms with Gasteiger partial charge in [-0.15, -0.1) is 0 Å². The zero-order chi connectivity index (χ0) is 45.7. The maximum Gasteiger partial charge on any atom is 0.143 e. The molecule has 322 valence electrons. The van der Waals surface area contributed by atoms with Gasteiger partial charge < -0.3 is 4.42 Å². The fraction of sp³-hybridized carbons (Fsp3) is 0. The number of furan rings is 1. The summed E-state index contributed by atoms with van der Waals surface area (Å²) in [6, 6.07) is 97.0. The third-order valence-corrected chi connectivity index (χ3v) is 13.9. The molecule has 13 aromatic rings. The van der Waals surface area contributed by atoms with E-state index >= 15 is 0 Å². The summed E-state index contributed by atoms with van der Waals surface area (Å²) in [6.07, 6.45) is 0. The van der Waals surface area contributed by atoms with Crippen LogP contribution >= 0.6 is 0 Å². The Morgan fingerprint density at radius 1 is 0.203 bits per heavy atom. The predicted octanol–water partition coefficient (Wildman–Crippen LogP) is 19.2. The van der Waals surface area contributed by atoms with E-state index < -0.39 is 0 Å². The molecule has 1 aromatic heterocycles. The van der Waals surface area contributed by atoms with Gasteiger partial charge in [-0.2, -0.15) is 0 Å². The zero-order valence-corrected chi connectivity index (χ0v) is 37.8. The van der Waals surface area contributed by atoms with Crippen LogP contribution in [0.1, 0.15) is 0 Å². The van der Waals surface area contributed by atoms with E-state index in [1.807, 2.05) is 0 Å². The number of rotatable bonds is 8. The molecule has 13 rings (SSSR count). The number of hydrogen-bond donors (Lipinski definition) is 0. The van der Waals surface area contributed by atoms with E-state index in [2.05, 4.69) is 267 Å². The molecule has 0 spiro atoms. The van der Waals surface area contributed by atoms with Crippen LogP contribution in [0, 0.1) is 0 Å². The van der Waals surface area contributed by atoms with Gasteiger partial charge in [-0.25, -0.2) is 0 Å². The predicted molar refractivity (Wildman–Crippen MR) is 292 cm³/mol. The second-order valence-electron chi connectivity index (χ2n) is 17.9. The Morgan fingerprint density at radius 2 is 0.623 bits per heavy atom. The fourth-order valence-corrected chi connectivity index (χ4v) is 10.6. The van der Waals surface area contributed by atoms with Crippen molar-refractivity contribution < 1.29 is 4.42 Å². The third kappa shape index (κ3) is 7.20. The van der Waals surface area contributed by atoms with Crippen LogP contribution in [0.25, 0.3) is 132 Å². The third-order valence-electron chi connectivity index (χ3n) is 13.9. The lowest BCUT2D eigenvalue weighted by atomic mass is 9.83.